The van der Waals surface area contributed by atoms with Crippen molar-refractivity contribution in [2.45, 2.75) is 317 Å². The Labute approximate surface area is 492 Å². The maximum Gasteiger partial charge on any atom is 0.220 e. The summed E-state index contributed by atoms with van der Waals surface area (Å²) >= 11 is 0. The fraction of sp³-hybridized carbons (Fsp3) is 0.915. The molecule has 488 valence electrons. The first kappa shape index (κ1) is 76.5. The lowest BCUT2D eigenvalue weighted by Crippen LogP contribution is -2.72. The van der Waals surface area contributed by atoms with Gasteiger partial charge in [0.1, 0.15) is 73.1 Å². The predicted octanol–water partition coefficient (Wildman–Crippen LogP) is 2.21. The number of ether oxygens (including phenoxy) is 6. The second-order valence-corrected chi connectivity index (χ2v) is 22.9. The van der Waals surface area contributed by atoms with Crippen LogP contribution in [0.4, 0.5) is 0 Å². The highest BCUT2D eigenvalue weighted by Gasteiger charge is 2.58. The molecule has 3 fully saturated rings. The van der Waals surface area contributed by atoms with Crippen LogP contribution in [-0.2, 0) is 42.8 Å². The third-order valence-corrected chi connectivity index (χ3v) is 15.9. The fourth-order valence-electron chi connectivity index (χ4n) is 10.9. The van der Waals surface area contributed by atoms with Crippen LogP contribution < -0.4 is 21.9 Å². The van der Waals surface area contributed by atoms with Crippen LogP contribution in [0, 0.1) is 0 Å². The maximum absolute atomic E-state index is 13.4. The molecule has 18 atom stereocenters. The van der Waals surface area contributed by atoms with E-state index >= 15 is 0 Å². The van der Waals surface area contributed by atoms with Gasteiger partial charge in [0.15, 0.2) is 12.6 Å². The van der Waals surface area contributed by atoms with E-state index in [-0.39, 0.29) is 18.5 Å². The summed E-state index contributed by atoms with van der Waals surface area (Å²) in [5, 5.41) is 138. The molecule has 24 nitrogen and oxygen atoms in total. The number of carboxylic acids is 1. The quantitative estimate of drug-likeness (QED) is 0.0307. The number of rotatable bonds is 45. The molecule has 24 heteroatoms. The zero-order valence-corrected chi connectivity index (χ0v) is 50.3. The molecular weight excluding hydrogens is 1090 g/mol. The number of allylic oxidation sites excluding steroid dienone is 1. The van der Waals surface area contributed by atoms with Gasteiger partial charge in [0, 0.05) is 19.8 Å². The molecule has 2 amide bonds. The molecule has 3 aliphatic heterocycles. The summed E-state index contributed by atoms with van der Waals surface area (Å²) in [6.45, 7) is 2.04. The number of hydrogen-bond donors (Lipinski definition) is 14. The van der Waals surface area contributed by atoms with E-state index in [0.717, 1.165) is 51.9 Å². The molecule has 0 saturated carbocycles. The molecule has 0 aliphatic carbocycles. The van der Waals surface area contributed by atoms with Crippen LogP contribution in [0.5, 0.6) is 0 Å². The Kier molecular flexibility index (Phi) is 39.8. The number of hydrogen-bond acceptors (Lipinski definition) is 21. The van der Waals surface area contributed by atoms with Crippen molar-refractivity contribution in [1.82, 2.24) is 16.8 Å². The summed E-state index contributed by atoms with van der Waals surface area (Å²) in [6.07, 6.45) is 5.17. The normalized spacial score (nSPS) is 29.9. The van der Waals surface area contributed by atoms with E-state index in [1.165, 1.54) is 116 Å². The smallest absolute Gasteiger partial charge is 0.220 e. The molecule has 3 heterocycles. The second-order valence-electron chi connectivity index (χ2n) is 22.9. The van der Waals surface area contributed by atoms with Crippen molar-refractivity contribution in [3.05, 3.63) is 12.2 Å². The molecule has 0 aromatic carbocycles. The number of unbranched alkanes of at least 4 members (excludes halogenated alkanes) is 25. The predicted molar refractivity (Wildman–Crippen MR) is 305 cm³/mol. The Morgan fingerprint density at radius 1 is 0.651 bits per heavy atom. The van der Waals surface area contributed by atoms with Crippen LogP contribution in [0.1, 0.15) is 207 Å². The number of aliphatic hydroxyl groups excluding tert-OH is 11. The molecule has 14 unspecified atom stereocenters. The van der Waals surface area contributed by atoms with Gasteiger partial charge in [0.05, 0.1) is 50.7 Å². The van der Waals surface area contributed by atoms with Gasteiger partial charge in [0.2, 0.25) is 17.6 Å². The van der Waals surface area contributed by atoms with Crippen molar-refractivity contribution in [3.8, 4) is 0 Å². The van der Waals surface area contributed by atoms with Gasteiger partial charge < -0.3 is 111 Å². The zero-order valence-electron chi connectivity index (χ0n) is 50.3. The monoisotopic (exact) mass is 1200 g/mol. The molecule has 0 bridgehead atoms. The van der Waals surface area contributed by atoms with Crippen molar-refractivity contribution in [2.75, 3.05) is 26.4 Å². The van der Waals surface area contributed by atoms with Crippen LogP contribution in [-0.4, -0.2) is 210 Å². The molecule has 3 rings (SSSR count). The first-order chi connectivity index (χ1) is 39.4. The number of quaternary nitrogens is 1. The van der Waals surface area contributed by atoms with E-state index in [1.54, 1.807) is 6.08 Å². The number of carbonyl (C=O) groups excluding carboxylic acids is 3. The third kappa shape index (κ3) is 26.7. The van der Waals surface area contributed by atoms with Crippen LogP contribution in [0.2, 0.25) is 0 Å². The molecule has 0 aromatic rings. The zero-order chi connectivity index (χ0) is 60.5. The number of carbonyl (C=O) groups is 3. The standard InChI is InChI=1S/C59H108N2O21.H3N/c1-4-6-8-10-12-14-16-18-19-21-23-25-27-29-31-33-46(69)61-40(41(66)32-30-28-26-24-22-20-17-15-13-11-9-7-5-2)38-77-56-51(73)50(72)53(45(37-64)79-56)80-57-52(74)55(49(71)44(36-63)78-57)82-59(58(75)76)34-42(67)47(60-39(3)65)54(81-59)48(70)43(68)35-62;/h30,32,40-45,47-57,62-64,66-68,70-74H,4-29,31,33-38H2,1-3H3,(H,60,65)(H,61,69)(H,75,76);1H3/b32-30+;/t40-,41+,42?,43+,44?,45?,47?,48+,49?,50?,51?,52?,53?,54?,55?,56?,57?,59?;/m0./s1. The number of aliphatic carboxylic acids is 1. The highest BCUT2D eigenvalue weighted by molar-refractivity contribution is 5.76. The van der Waals surface area contributed by atoms with E-state index < -0.39 is 155 Å². The summed E-state index contributed by atoms with van der Waals surface area (Å²) < 4.78 is 34.5. The summed E-state index contributed by atoms with van der Waals surface area (Å²) in [4.78, 5) is 38.2. The van der Waals surface area contributed by atoms with E-state index in [1.807, 2.05) is 6.08 Å². The molecular formula is C59H111N3O21. The number of nitrogens with one attached hydrogen (secondary N) is 2. The Balaban J connectivity index is 0.0000235. The largest absolute Gasteiger partial charge is 0.544 e. The van der Waals surface area contributed by atoms with Crippen LogP contribution in [0.25, 0.3) is 0 Å². The molecule has 17 N–H and O–H groups in total. The van der Waals surface area contributed by atoms with Gasteiger partial charge in [-0.05, 0) is 19.3 Å². The minimum absolute atomic E-state index is 0. The lowest BCUT2D eigenvalue weighted by molar-refractivity contribution is -0.411. The number of amides is 2. The Morgan fingerprint density at radius 2 is 1.14 bits per heavy atom. The molecule has 3 aliphatic rings. The van der Waals surface area contributed by atoms with E-state index in [9.17, 15) is 75.7 Å². The summed E-state index contributed by atoms with van der Waals surface area (Å²) in [6, 6.07) is -2.64. The second kappa shape index (κ2) is 43.1. The van der Waals surface area contributed by atoms with E-state index in [2.05, 4.69) is 24.5 Å². The van der Waals surface area contributed by atoms with Gasteiger partial charge in [-0.3, -0.25) is 9.59 Å². The SMILES string of the molecule is CCCCCCCCCCCCC/C=C/[C@@H](O)[C@H](COC1OC(CO)C(OC2OC(CO)C(O)C(OC3(C(=O)[O-])CC(O)C(NC(C)=O)C([C@H](O)[C@H](O)CO)O3)C2O)C(O)C1O)NC(=O)CCCCCCCCCCCCCCCCC.[NH4+]. The average Bonchev–Trinajstić information content (AvgIpc) is 3.65. The summed E-state index contributed by atoms with van der Waals surface area (Å²) in [5.41, 5.74) is 0. The van der Waals surface area contributed by atoms with Crippen molar-refractivity contribution >= 4 is 17.8 Å². The molecule has 3 saturated heterocycles. The Morgan fingerprint density at radius 3 is 1.63 bits per heavy atom. The third-order valence-electron chi connectivity index (χ3n) is 15.9. The van der Waals surface area contributed by atoms with Crippen LogP contribution in [0.15, 0.2) is 12.2 Å². The fourth-order valence-corrected chi connectivity index (χ4v) is 10.9. The lowest BCUT2D eigenvalue weighted by Gasteiger charge is -2.52. The molecule has 0 aromatic heterocycles. The molecule has 83 heavy (non-hydrogen) atoms. The van der Waals surface area contributed by atoms with Crippen molar-refractivity contribution in [1.29, 1.82) is 0 Å². The maximum atomic E-state index is 13.4. The minimum atomic E-state index is -3.19. The van der Waals surface area contributed by atoms with Crippen LogP contribution >= 0.6 is 0 Å². The average molecular weight is 1200 g/mol. The van der Waals surface area contributed by atoms with E-state index in [4.69, 9.17) is 28.4 Å². The summed E-state index contributed by atoms with van der Waals surface area (Å²) in [7, 11) is 0. The molecule has 0 spiro atoms. The highest BCUT2D eigenvalue weighted by atomic mass is 16.8. The summed E-state index contributed by atoms with van der Waals surface area (Å²) in [5.74, 6) is -6.52. The highest BCUT2D eigenvalue weighted by Crippen LogP contribution is 2.38. The van der Waals surface area contributed by atoms with Gasteiger partial charge in [0.25, 0.3) is 0 Å². The van der Waals surface area contributed by atoms with Crippen molar-refractivity contribution in [2.24, 2.45) is 0 Å². The van der Waals surface area contributed by atoms with Crippen molar-refractivity contribution < 1.29 is 104 Å². The molecule has 0 radical (unpaired) electrons. The Bertz CT molecular complexity index is 1740. The van der Waals surface area contributed by atoms with Gasteiger partial charge in [-0.2, -0.15) is 0 Å². The first-order valence-corrected chi connectivity index (χ1v) is 31.0. The lowest BCUT2D eigenvalue weighted by atomic mass is 9.88. The van der Waals surface area contributed by atoms with Crippen molar-refractivity contribution in [3.63, 3.8) is 0 Å². The number of carboxylic acid groups (broad SMARTS) is 1. The van der Waals surface area contributed by atoms with Gasteiger partial charge in [-0.25, -0.2) is 0 Å². The Hall–Kier alpha value is -2.57. The van der Waals surface area contributed by atoms with Gasteiger partial charge in [-0.15, -0.1) is 0 Å². The van der Waals surface area contributed by atoms with Gasteiger partial charge >= 0.3 is 0 Å². The first-order valence-electron chi connectivity index (χ1n) is 31.0. The van der Waals surface area contributed by atoms with Crippen LogP contribution in [0.3, 0.4) is 0 Å². The number of aliphatic hydroxyl groups is 11. The van der Waals surface area contributed by atoms with Gasteiger partial charge in [-0.1, -0.05) is 180 Å². The topological polar surface area (TPSA) is 413 Å². The minimum Gasteiger partial charge on any atom is -0.544 e. The van der Waals surface area contributed by atoms with E-state index in [0.29, 0.717) is 12.8 Å².